The summed E-state index contributed by atoms with van der Waals surface area (Å²) < 4.78 is 24.5. The van der Waals surface area contributed by atoms with Crippen molar-refractivity contribution in [1.82, 2.24) is 4.98 Å². The standard InChI is InChI=1S/C21H15FN2O3/c1-26-19-6-4-14(9-17(19)23)21-24-18-10-13(3-7-20(18)27-21)12-2-5-16(22)15(8-12)11-25/h2-11H,23H2,1H3. The zero-order chi connectivity index (χ0) is 19.0. The number of carbonyl (C=O) groups excluding carboxylic acids is 1. The highest BCUT2D eigenvalue weighted by molar-refractivity contribution is 5.85. The number of nitrogens with zero attached hydrogens (tertiary/aromatic N) is 1. The number of nitrogens with two attached hydrogens (primary N) is 1. The average molecular weight is 362 g/mol. The number of ether oxygens (including phenoxy) is 1. The summed E-state index contributed by atoms with van der Waals surface area (Å²) in [4.78, 5) is 15.5. The first-order valence-electron chi connectivity index (χ1n) is 8.18. The van der Waals surface area contributed by atoms with Gasteiger partial charge in [0.2, 0.25) is 5.89 Å². The number of methoxy groups -OCH3 is 1. The Morgan fingerprint density at radius 3 is 2.52 bits per heavy atom. The van der Waals surface area contributed by atoms with Crippen LogP contribution in [-0.4, -0.2) is 18.4 Å². The van der Waals surface area contributed by atoms with E-state index in [1.54, 1.807) is 31.4 Å². The van der Waals surface area contributed by atoms with Crippen molar-refractivity contribution in [3.63, 3.8) is 0 Å². The molecule has 0 bridgehead atoms. The third-order valence-corrected chi connectivity index (χ3v) is 4.32. The van der Waals surface area contributed by atoms with Gasteiger partial charge in [-0.1, -0.05) is 12.1 Å². The number of hydrogen-bond acceptors (Lipinski definition) is 5. The minimum absolute atomic E-state index is 0.0159. The van der Waals surface area contributed by atoms with Crippen LogP contribution in [0.3, 0.4) is 0 Å². The number of aromatic nitrogens is 1. The molecule has 3 aromatic carbocycles. The number of carbonyl (C=O) groups is 1. The highest BCUT2D eigenvalue weighted by Crippen LogP contribution is 2.32. The van der Waals surface area contributed by atoms with Crippen LogP contribution < -0.4 is 10.5 Å². The topological polar surface area (TPSA) is 78.3 Å². The van der Waals surface area contributed by atoms with E-state index in [1.165, 1.54) is 12.1 Å². The first-order valence-corrected chi connectivity index (χ1v) is 8.18. The summed E-state index contributed by atoms with van der Waals surface area (Å²) in [5, 5.41) is 0. The van der Waals surface area contributed by atoms with Gasteiger partial charge in [-0.05, 0) is 53.6 Å². The first-order chi connectivity index (χ1) is 13.1. The molecule has 0 spiro atoms. The number of fused-ring (bicyclic) bond motifs is 1. The van der Waals surface area contributed by atoms with E-state index in [9.17, 15) is 9.18 Å². The summed E-state index contributed by atoms with van der Waals surface area (Å²) >= 11 is 0. The fraction of sp³-hybridized carbons (Fsp3) is 0.0476. The van der Waals surface area contributed by atoms with E-state index in [0.717, 1.165) is 16.7 Å². The van der Waals surface area contributed by atoms with Gasteiger partial charge >= 0.3 is 0 Å². The van der Waals surface area contributed by atoms with E-state index in [2.05, 4.69) is 4.98 Å². The first kappa shape index (κ1) is 16.8. The Hall–Kier alpha value is -3.67. The SMILES string of the molecule is COc1ccc(-c2nc3cc(-c4ccc(F)c(C=O)c4)ccc3o2)cc1N. The number of benzene rings is 3. The summed E-state index contributed by atoms with van der Waals surface area (Å²) in [6, 6.07) is 15.2. The number of nitrogen functional groups attached to an aromatic ring is 1. The van der Waals surface area contributed by atoms with E-state index in [0.29, 0.717) is 34.7 Å². The van der Waals surface area contributed by atoms with Crippen LogP contribution in [0.15, 0.2) is 59.0 Å². The van der Waals surface area contributed by atoms with Crippen molar-refractivity contribution < 1.29 is 18.3 Å². The summed E-state index contributed by atoms with van der Waals surface area (Å²) in [5.74, 6) is 0.472. The number of anilines is 1. The second-order valence-electron chi connectivity index (χ2n) is 6.01. The Balaban J connectivity index is 1.76. The van der Waals surface area contributed by atoms with E-state index < -0.39 is 5.82 Å². The van der Waals surface area contributed by atoms with Crippen LogP contribution in [0.1, 0.15) is 10.4 Å². The van der Waals surface area contributed by atoms with Gasteiger partial charge in [-0.3, -0.25) is 4.79 Å². The van der Waals surface area contributed by atoms with Gasteiger partial charge in [0.1, 0.15) is 17.1 Å². The lowest BCUT2D eigenvalue weighted by atomic mass is 10.0. The summed E-state index contributed by atoms with van der Waals surface area (Å²) in [7, 11) is 1.55. The molecule has 0 radical (unpaired) electrons. The molecule has 4 aromatic rings. The van der Waals surface area contributed by atoms with Crippen molar-refractivity contribution in [2.45, 2.75) is 0 Å². The molecule has 134 valence electrons. The molecule has 0 unspecified atom stereocenters. The predicted molar refractivity (Wildman–Crippen MR) is 101 cm³/mol. The molecule has 0 aliphatic heterocycles. The van der Waals surface area contributed by atoms with E-state index in [4.69, 9.17) is 14.9 Å². The number of rotatable bonds is 4. The summed E-state index contributed by atoms with van der Waals surface area (Å²) in [6.45, 7) is 0. The highest BCUT2D eigenvalue weighted by Gasteiger charge is 2.12. The van der Waals surface area contributed by atoms with Crippen LogP contribution in [0.4, 0.5) is 10.1 Å². The fourth-order valence-corrected chi connectivity index (χ4v) is 2.91. The van der Waals surface area contributed by atoms with Crippen molar-refractivity contribution in [2.75, 3.05) is 12.8 Å². The second kappa shape index (κ2) is 6.57. The zero-order valence-corrected chi connectivity index (χ0v) is 14.4. The van der Waals surface area contributed by atoms with E-state index >= 15 is 0 Å². The number of aldehydes is 1. The number of halogens is 1. The lowest BCUT2D eigenvalue weighted by molar-refractivity contribution is 0.112. The average Bonchev–Trinajstić information content (AvgIpc) is 3.11. The van der Waals surface area contributed by atoms with Gasteiger partial charge in [-0.2, -0.15) is 0 Å². The molecule has 0 aliphatic rings. The third-order valence-electron chi connectivity index (χ3n) is 4.32. The van der Waals surface area contributed by atoms with Gasteiger partial charge in [0.15, 0.2) is 11.9 Å². The maximum absolute atomic E-state index is 13.5. The van der Waals surface area contributed by atoms with Gasteiger partial charge in [0.05, 0.1) is 18.4 Å². The van der Waals surface area contributed by atoms with Crippen molar-refractivity contribution in [3.05, 3.63) is 66.0 Å². The van der Waals surface area contributed by atoms with Crippen molar-refractivity contribution in [2.24, 2.45) is 0 Å². The van der Waals surface area contributed by atoms with Gasteiger partial charge in [-0.15, -0.1) is 0 Å². The molecule has 0 aliphatic carbocycles. The molecule has 4 rings (SSSR count). The largest absolute Gasteiger partial charge is 0.495 e. The Kier molecular flexibility index (Phi) is 4.08. The van der Waals surface area contributed by atoms with Crippen molar-refractivity contribution in [1.29, 1.82) is 0 Å². The molecule has 0 saturated carbocycles. The summed E-state index contributed by atoms with van der Waals surface area (Å²) in [5.41, 5.74) is 9.97. The number of hydrogen-bond donors (Lipinski definition) is 1. The van der Waals surface area contributed by atoms with Crippen LogP contribution in [0, 0.1) is 5.82 Å². The molecule has 1 aromatic heterocycles. The third kappa shape index (κ3) is 3.01. The van der Waals surface area contributed by atoms with E-state index in [-0.39, 0.29) is 5.56 Å². The van der Waals surface area contributed by atoms with Crippen molar-refractivity contribution >= 4 is 23.1 Å². The minimum atomic E-state index is -0.546. The van der Waals surface area contributed by atoms with Crippen LogP contribution in [0.5, 0.6) is 5.75 Å². The maximum Gasteiger partial charge on any atom is 0.227 e. The molecule has 0 amide bonds. The molecule has 27 heavy (non-hydrogen) atoms. The normalized spacial score (nSPS) is 10.9. The Morgan fingerprint density at radius 2 is 1.78 bits per heavy atom. The zero-order valence-electron chi connectivity index (χ0n) is 14.4. The Bertz CT molecular complexity index is 1170. The summed E-state index contributed by atoms with van der Waals surface area (Å²) in [6.07, 6.45) is 0.500. The lowest BCUT2D eigenvalue weighted by Crippen LogP contribution is -1.92. The predicted octanol–water partition coefficient (Wildman–Crippen LogP) is 4.70. The van der Waals surface area contributed by atoms with Crippen LogP contribution in [-0.2, 0) is 0 Å². The smallest absolute Gasteiger partial charge is 0.227 e. The molecular formula is C21H15FN2O3. The fourth-order valence-electron chi connectivity index (χ4n) is 2.91. The van der Waals surface area contributed by atoms with Gasteiger partial charge in [-0.25, -0.2) is 9.37 Å². The van der Waals surface area contributed by atoms with Gasteiger partial charge < -0.3 is 14.9 Å². The Morgan fingerprint density at radius 1 is 1.04 bits per heavy atom. The van der Waals surface area contributed by atoms with Crippen LogP contribution >= 0.6 is 0 Å². The highest BCUT2D eigenvalue weighted by atomic mass is 19.1. The monoisotopic (exact) mass is 362 g/mol. The molecule has 0 saturated heterocycles. The quantitative estimate of drug-likeness (QED) is 0.420. The molecule has 0 fully saturated rings. The van der Waals surface area contributed by atoms with E-state index in [1.807, 2.05) is 18.2 Å². The molecular weight excluding hydrogens is 347 g/mol. The Labute approximate surface area is 154 Å². The molecule has 1 heterocycles. The molecule has 5 nitrogen and oxygen atoms in total. The number of oxazole rings is 1. The lowest BCUT2D eigenvalue weighted by Gasteiger charge is -2.04. The van der Waals surface area contributed by atoms with Gasteiger partial charge in [0.25, 0.3) is 0 Å². The maximum atomic E-state index is 13.5. The van der Waals surface area contributed by atoms with Gasteiger partial charge in [0, 0.05) is 5.56 Å². The molecule has 6 heteroatoms. The molecule has 0 atom stereocenters. The van der Waals surface area contributed by atoms with Crippen LogP contribution in [0.25, 0.3) is 33.7 Å². The van der Waals surface area contributed by atoms with Crippen molar-refractivity contribution in [3.8, 4) is 28.3 Å². The second-order valence-corrected chi connectivity index (χ2v) is 6.01. The van der Waals surface area contributed by atoms with Crippen LogP contribution in [0.2, 0.25) is 0 Å². The minimum Gasteiger partial charge on any atom is -0.495 e. The molecule has 2 N–H and O–H groups in total.